The molecule has 11 heteroatoms. The number of nitrogens with zero attached hydrogens (tertiary/aromatic N) is 5. The Morgan fingerprint density at radius 3 is 2.76 bits per heavy atom. The number of rotatable bonds is 6. The quantitative estimate of drug-likeness (QED) is 0.677. The van der Waals surface area contributed by atoms with Gasteiger partial charge in [-0.25, -0.2) is 18.9 Å². The third kappa shape index (κ3) is 4.39. The number of hydrogen-bond donors (Lipinski definition) is 1. The molecule has 3 rings (SSSR count). The van der Waals surface area contributed by atoms with Crippen LogP contribution >= 0.6 is 0 Å². The Labute approximate surface area is 163 Å². The van der Waals surface area contributed by atoms with Crippen molar-refractivity contribution in [2.45, 2.75) is 26.1 Å². The van der Waals surface area contributed by atoms with E-state index in [0.29, 0.717) is 18.0 Å². The second-order valence-corrected chi connectivity index (χ2v) is 6.43. The smallest absolute Gasteiger partial charge is 0.357 e. The standard InChI is InChI=1S/C18H19F3N6O2/c1-3-8-25(2)15-16-24-27(17(29)26(16)9-7-22-15)11-14(28)23-13-6-4-5-12(10-13)18(19,20)21/h4-7,9-10H,3,8,11H2,1-2H3,(H,23,28). The largest absolute Gasteiger partial charge is 0.416 e. The van der Waals surface area contributed by atoms with E-state index in [9.17, 15) is 22.8 Å². The number of aromatic nitrogens is 4. The predicted octanol–water partition coefficient (Wildman–Crippen LogP) is 2.39. The molecule has 1 amide bonds. The first kappa shape index (κ1) is 20.4. The summed E-state index contributed by atoms with van der Waals surface area (Å²) >= 11 is 0. The maximum atomic E-state index is 12.8. The van der Waals surface area contributed by atoms with Crippen LogP contribution in [0.25, 0.3) is 5.65 Å². The van der Waals surface area contributed by atoms with Crippen molar-refractivity contribution < 1.29 is 18.0 Å². The van der Waals surface area contributed by atoms with Gasteiger partial charge in [-0.1, -0.05) is 13.0 Å². The van der Waals surface area contributed by atoms with E-state index in [1.807, 2.05) is 18.9 Å². The number of amides is 1. The summed E-state index contributed by atoms with van der Waals surface area (Å²) in [6.45, 7) is 2.25. The Kier molecular flexibility index (Phi) is 5.57. The lowest BCUT2D eigenvalue weighted by Gasteiger charge is -2.16. The fraction of sp³-hybridized carbons (Fsp3) is 0.333. The zero-order chi connectivity index (χ0) is 21.2. The van der Waals surface area contributed by atoms with E-state index in [4.69, 9.17) is 0 Å². The number of alkyl halides is 3. The first-order chi connectivity index (χ1) is 13.7. The summed E-state index contributed by atoms with van der Waals surface area (Å²) in [5.41, 5.74) is -1.16. The highest BCUT2D eigenvalue weighted by Crippen LogP contribution is 2.30. The van der Waals surface area contributed by atoms with Gasteiger partial charge >= 0.3 is 11.9 Å². The van der Waals surface area contributed by atoms with E-state index < -0.39 is 29.9 Å². The van der Waals surface area contributed by atoms with E-state index in [1.54, 1.807) is 0 Å². The van der Waals surface area contributed by atoms with E-state index in [0.717, 1.165) is 23.2 Å². The second kappa shape index (κ2) is 7.94. The minimum Gasteiger partial charge on any atom is -0.357 e. The molecule has 0 aliphatic heterocycles. The summed E-state index contributed by atoms with van der Waals surface area (Å²) in [6.07, 6.45) is -0.753. The van der Waals surface area contributed by atoms with E-state index in [-0.39, 0.29) is 5.69 Å². The molecule has 0 aliphatic rings. The minimum absolute atomic E-state index is 0.0216. The Morgan fingerprint density at radius 1 is 1.31 bits per heavy atom. The van der Waals surface area contributed by atoms with Crippen molar-refractivity contribution in [2.75, 3.05) is 23.8 Å². The molecule has 0 spiro atoms. The molecule has 154 valence electrons. The number of carbonyl (C=O) groups is 1. The highest BCUT2D eigenvalue weighted by atomic mass is 19.4. The fourth-order valence-electron chi connectivity index (χ4n) is 2.86. The Morgan fingerprint density at radius 2 is 2.07 bits per heavy atom. The molecule has 2 aromatic heterocycles. The van der Waals surface area contributed by atoms with Crippen molar-refractivity contribution in [1.82, 2.24) is 19.2 Å². The molecular formula is C18H19F3N6O2. The van der Waals surface area contributed by atoms with E-state index >= 15 is 0 Å². The molecule has 0 fully saturated rings. The number of fused-ring (bicyclic) bond motifs is 1. The maximum absolute atomic E-state index is 12.8. The summed E-state index contributed by atoms with van der Waals surface area (Å²) in [6, 6.07) is 4.26. The van der Waals surface area contributed by atoms with Crippen LogP contribution in [-0.4, -0.2) is 38.7 Å². The van der Waals surface area contributed by atoms with Crippen LogP contribution in [0.1, 0.15) is 18.9 Å². The van der Waals surface area contributed by atoms with Crippen LogP contribution in [0.2, 0.25) is 0 Å². The summed E-state index contributed by atoms with van der Waals surface area (Å²) < 4.78 is 40.6. The van der Waals surface area contributed by atoms with Gasteiger partial charge < -0.3 is 10.2 Å². The number of halogens is 3. The number of hydrogen-bond acceptors (Lipinski definition) is 5. The molecule has 29 heavy (non-hydrogen) atoms. The van der Waals surface area contributed by atoms with E-state index in [2.05, 4.69) is 15.4 Å². The van der Waals surface area contributed by atoms with Gasteiger partial charge in [0, 0.05) is 31.7 Å². The van der Waals surface area contributed by atoms with Gasteiger partial charge in [0.2, 0.25) is 11.6 Å². The van der Waals surface area contributed by atoms with Crippen LogP contribution in [0.4, 0.5) is 24.7 Å². The molecular weight excluding hydrogens is 389 g/mol. The van der Waals surface area contributed by atoms with Crippen molar-refractivity contribution in [1.29, 1.82) is 0 Å². The van der Waals surface area contributed by atoms with Gasteiger partial charge in [-0.15, -0.1) is 5.10 Å². The zero-order valence-electron chi connectivity index (χ0n) is 15.8. The van der Waals surface area contributed by atoms with Crippen molar-refractivity contribution >= 4 is 23.1 Å². The number of nitrogens with one attached hydrogen (secondary N) is 1. The van der Waals surface area contributed by atoms with Crippen molar-refractivity contribution in [3.05, 3.63) is 52.7 Å². The van der Waals surface area contributed by atoms with Gasteiger partial charge in [0.15, 0.2) is 5.82 Å². The topological polar surface area (TPSA) is 84.5 Å². The average Bonchev–Trinajstić information content (AvgIpc) is 2.97. The first-order valence-corrected chi connectivity index (χ1v) is 8.83. The molecule has 1 aromatic carbocycles. The van der Waals surface area contributed by atoms with Gasteiger partial charge in [-0.2, -0.15) is 13.2 Å². The van der Waals surface area contributed by atoms with Crippen LogP contribution < -0.4 is 15.9 Å². The molecule has 0 radical (unpaired) electrons. The summed E-state index contributed by atoms with van der Waals surface area (Å²) in [4.78, 5) is 30.9. The molecule has 1 N–H and O–H groups in total. The average molecular weight is 408 g/mol. The van der Waals surface area contributed by atoms with Crippen LogP contribution in [0.5, 0.6) is 0 Å². The second-order valence-electron chi connectivity index (χ2n) is 6.43. The highest BCUT2D eigenvalue weighted by molar-refractivity contribution is 5.90. The zero-order valence-corrected chi connectivity index (χ0v) is 15.8. The lowest BCUT2D eigenvalue weighted by atomic mass is 10.2. The molecule has 0 saturated carbocycles. The van der Waals surface area contributed by atoms with Crippen LogP contribution in [0.15, 0.2) is 41.5 Å². The number of carbonyl (C=O) groups excluding carboxylic acids is 1. The fourth-order valence-corrected chi connectivity index (χ4v) is 2.86. The summed E-state index contributed by atoms with van der Waals surface area (Å²) in [5.74, 6) is -0.185. The predicted molar refractivity (Wildman–Crippen MR) is 101 cm³/mol. The summed E-state index contributed by atoms with van der Waals surface area (Å²) in [7, 11) is 1.82. The van der Waals surface area contributed by atoms with Crippen LogP contribution in [0, 0.1) is 0 Å². The molecule has 0 saturated heterocycles. The molecule has 0 atom stereocenters. The summed E-state index contributed by atoms with van der Waals surface area (Å²) in [5, 5.41) is 6.53. The monoisotopic (exact) mass is 408 g/mol. The Bertz CT molecular complexity index is 1090. The molecule has 3 aromatic rings. The van der Waals surface area contributed by atoms with Crippen LogP contribution in [0.3, 0.4) is 0 Å². The Balaban J connectivity index is 1.83. The normalized spacial score (nSPS) is 11.6. The molecule has 2 heterocycles. The number of anilines is 2. The lowest BCUT2D eigenvalue weighted by Crippen LogP contribution is -2.28. The maximum Gasteiger partial charge on any atom is 0.416 e. The SMILES string of the molecule is CCCN(C)c1nccn2c(=O)n(CC(=O)Nc3cccc(C(F)(F)F)c3)nc12. The minimum atomic E-state index is -4.52. The first-order valence-electron chi connectivity index (χ1n) is 8.83. The van der Waals surface area contributed by atoms with Crippen molar-refractivity contribution in [3.8, 4) is 0 Å². The third-order valence-corrected chi connectivity index (χ3v) is 4.17. The molecule has 0 aliphatic carbocycles. The van der Waals surface area contributed by atoms with Gasteiger partial charge in [0.05, 0.1) is 5.56 Å². The van der Waals surface area contributed by atoms with Crippen molar-refractivity contribution in [2.24, 2.45) is 0 Å². The molecule has 0 unspecified atom stereocenters. The van der Waals surface area contributed by atoms with E-state index in [1.165, 1.54) is 28.9 Å². The van der Waals surface area contributed by atoms with Gasteiger partial charge in [0.25, 0.3) is 0 Å². The molecule has 8 nitrogen and oxygen atoms in total. The Hall–Kier alpha value is -3.37. The van der Waals surface area contributed by atoms with Gasteiger partial charge in [0.1, 0.15) is 6.54 Å². The van der Waals surface area contributed by atoms with Crippen molar-refractivity contribution in [3.63, 3.8) is 0 Å². The van der Waals surface area contributed by atoms with Gasteiger partial charge in [-0.3, -0.25) is 4.79 Å². The lowest BCUT2D eigenvalue weighted by molar-refractivity contribution is -0.137. The van der Waals surface area contributed by atoms with Crippen LogP contribution in [-0.2, 0) is 17.5 Å². The number of benzene rings is 1. The third-order valence-electron chi connectivity index (χ3n) is 4.17. The highest BCUT2D eigenvalue weighted by Gasteiger charge is 2.30. The van der Waals surface area contributed by atoms with Gasteiger partial charge in [-0.05, 0) is 24.6 Å². The molecule has 0 bridgehead atoms.